The van der Waals surface area contributed by atoms with E-state index < -0.39 is 6.03 Å². The summed E-state index contributed by atoms with van der Waals surface area (Å²) in [5, 5.41) is 23.3. The number of benzene rings is 1. The number of carbonyl (C=O) groups is 1. The lowest BCUT2D eigenvalue weighted by atomic mass is 10.0. The zero-order chi connectivity index (χ0) is 23.9. The van der Waals surface area contributed by atoms with Crippen LogP contribution < -0.4 is 21.3 Å². The predicted octanol–water partition coefficient (Wildman–Crippen LogP) is 4.04. The number of methoxy groups -OCH3 is 1. The highest BCUT2D eigenvalue weighted by Crippen LogP contribution is 2.23. The molecule has 0 saturated carbocycles. The Morgan fingerprint density at radius 1 is 1.33 bits per heavy atom. The molecule has 0 fully saturated rings. The molecule has 1 unspecified atom stereocenters. The summed E-state index contributed by atoms with van der Waals surface area (Å²) in [6.45, 7) is 5.63. The molecular weight excluding hydrogens is 420 g/mol. The molecule has 10 heteroatoms. The molecule has 0 bridgehead atoms. The topological polar surface area (TPSA) is 147 Å². The van der Waals surface area contributed by atoms with Gasteiger partial charge >= 0.3 is 6.03 Å². The van der Waals surface area contributed by atoms with Crippen molar-refractivity contribution < 1.29 is 9.53 Å². The lowest BCUT2D eigenvalue weighted by Gasteiger charge is -2.20. The second-order valence-corrected chi connectivity index (χ2v) is 7.15. The summed E-state index contributed by atoms with van der Waals surface area (Å²) in [7, 11) is 1.65. The minimum absolute atomic E-state index is 0.300. The molecule has 0 aliphatic rings. The van der Waals surface area contributed by atoms with Crippen LogP contribution in [0.4, 0.5) is 16.3 Å². The highest BCUT2D eigenvalue weighted by atomic mass is 16.5. The van der Waals surface area contributed by atoms with Crippen molar-refractivity contribution in [3.63, 3.8) is 0 Å². The quantitative estimate of drug-likeness (QED) is 0.137. The van der Waals surface area contributed by atoms with Gasteiger partial charge in [0.25, 0.3) is 0 Å². The predicted molar refractivity (Wildman–Crippen MR) is 130 cm³/mol. The highest BCUT2D eigenvalue weighted by molar-refractivity contribution is 5.92. The molecule has 6 N–H and O–H groups in total. The fourth-order valence-electron chi connectivity index (χ4n) is 3.24. The molecule has 1 heterocycles. The Kier molecular flexibility index (Phi) is 11.0. The average Bonchev–Trinajstić information content (AvgIpc) is 2.84. The maximum Gasteiger partial charge on any atom is 0.320 e. The van der Waals surface area contributed by atoms with Gasteiger partial charge < -0.3 is 26.1 Å². The summed E-state index contributed by atoms with van der Waals surface area (Å²) in [6.07, 6.45) is 4.09. The number of amides is 2. The van der Waals surface area contributed by atoms with Gasteiger partial charge in [-0.1, -0.05) is 36.9 Å². The zero-order valence-corrected chi connectivity index (χ0v) is 18.9. The normalized spacial score (nSPS) is 11.2. The molecular formula is C23H32N8O2. The van der Waals surface area contributed by atoms with Crippen LogP contribution in [0.15, 0.2) is 54.3 Å². The number of nitrogens with one attached hydrogen (secondary N) is 6. The van der Waals surface area contributed by atoms with Crippen molar-refractivity contribution in [2.75, 3.05) is 37.4 Å². The van der Waals surface area contributed by atoms with Crippen LogP contribution in [-0.4, -0.2) is 44.0 Å². The van der Waals surface area contributed by atoms with Crippen molar-refractivity contribution in [3.05, 3.63) is 66.0 Å². The maximum atomic E-state index is 12.8. The minimum atomic E-state index is -0.430. The van der Waals surface area contributed by atoms with E-state index in [0.717, 1.165) is 17.7 Å². The van der Waals surface area contributed by atoms with Crippen molar-refractivity contribution in [1.29, 1.82) is 10.9 Å². The lowest BCUT2D eigenvalue weighted by molar-refractivity contribution is 0.198. The molecule has 0 spiro atoms. The molecule has 2 aromatic rings. The van der Waals surface area contributed by atoms with Gasteiger partial charge in [-0.3, -0.25) is 5.32 Å². The largest absolute Gasteiger partial charge is 0.386 e. The second-order valence-electron chi connectivity index (χ2n) is 7.15. The van der Waals surface area contributed by atoms with E-state index in [-0.39, 0.29) is 6.04 Å². The van der Waals surface area contributed by atoms with Gasteiger partial charge in [-0.05, 0) is 30.7 Å². The fourth-order valence-corrected chi connectivity index (χ4v) is 3.24. The highest BCUT2D eigenvalue weighted by Gasteiger charge is 2.17. The van der Waals surface area contributed by atoms with Crippen molar-refractivity contribution in [2.24, 2.45) is 5.11 Å². The van der Waals surface area contributed by atoms with E-state index in [2.05, 4.69) is 37.9 Å². The Balaban J connectivity index is 2.19. The van der Waals surface area contributed by atoms with Gasteiger partial charge in [0.15, 0.2) is 0 Å². The first-order valence-electron chi connectivity index (χ1n) is 10.7. The van der Waals surface area contributed by atoms with E-state index in [4.69, 9.17) is 15.7 Å². The van der Waals surface area contributed by atoms with Crippen LogP contribution in [0.3, 0.4) is 0 Å². The number of carbonyl (C=O) groups excluding carboxylic acids is 1. The van der Waals surface area contributed by atoms with E-state index in [0.29, 0.717) is 49.7 Å². The van der Waals surface area contributed by atoms with Crippen LogP contribution in [0, 0.1) is 10.9 Å². The van der Waals surface area contributed by atoms with Gasteiger partial charge in [0.2, 0.25) is 0 Å². The molecule has 33 heavy (non-hydrogen) atoms. The third-order valence-corrected chi connectivity index (χ3v) is 4.80. The number of nitrogens with zero attached hydrogens (tertiary/aromatic N) is 2. The van der Waals surface area contributed by atoms with E-state index in [9.17, 15) is 4.79 Å². The first-order chi connectivity index (χ1) is 16.1. The second kappa shape index (κ2) is 14.3. The van der Waals surface area contributed by atoms with Gasteiger partial charge in [-0.15, -0.1) is 0 Å². The Labute approximate surface area is 194 Å². The average molecular weight is 453 g/mol. The first-order valence-corrected chi connectivity index (χ1v) is 10.7. The van der Waals surface area contributed by atoms with Crippen molar-refractivity contribution >= 4 is 23.8 Å². The zero-order valence-electron chi connectivity index (χ0n) is 18.9. The monoisotopic (exact) mass is 452 g/mol. The summed E-state index contributed by atoms with van der Waals surface area (Å²) < 4.78 is 5.09. The van der Waals surface area contributed by atoms with E-state index in [1.54, 1.807) is 19.4 Å². The van der Waals surface area contributed by atoms with Gasteiger partial charge in [0.1, 0.15) is 5.82 Å². The van der Waals surface area contributed by atoms with Gasteiger partial charge in [-0.2, -0.15) is 5.11 Å². The van der Waals surface area contributed by atoms with Crippen LogP contribution in [0.5, 0.6) is 0 Å². The third-order valence-electron chi connectivity index (χ3n) is 4.80. The Morgan fingerprint density at radius 2 is 2.12 bits per heavy atom. The van der Waals surface area contributed by atoms with Crippen molar-refractivity contribution in [3.8, 4) is 0 Å². The first kappa shape index (κ1) is 25.5. The molecule has 0 aliphatic heterocycles. The SMILES string of the molecule is C=CNCc1nc(NC(=O)NC(CCN=N)c2ccccc2)cc(C=N)c1NCCCOC. The number of anilines is 2. The van der Waals surface area contributed by atoms with Crippen LogP contribution in [0.25, 0.3) is 0 Å². The number of hydrogen-bond acceptors (Lipinski definition) is 8. The number of pyridine rings is 1. The van der Waals surface area contributed by atoms with Crippen LogP contribution in [0.2, 0.25) is 0 Å². The van der Waals surface area contributed by atoms with E-state index >= 15 is 0 Å². The number of aromatic nitrogens is 1. The molecule has 1 aromatic carbocycles. The van der Waals surface area contributed by atoms with Gasteiger partial charge in [0.05, 0.1) is 30.5 Å². The molecule has 0 radical (unpaired) electrons. The van der Waals surface area contributed by atoms with E-state index in [1.807, 2.05) is 30.3 Å². The maximum absolute atomic E-state index is 12.8. The minimum Gasteiger partial charge on any atom is -0.386 e. The molecule has 1 aromatic heterocycles. The Bertz CT molecular complexity index is 920. The standard InChI is InChI=1S/C23H32N8O2/c1-3-26-16-20-22(27-11-7-13-33-2)18(15-24)14-21(29-20)31-23(32)30-19(10-12-28-25)17-8-5-4-6-9-17/h3-6,8-9,14-15,19,24-27H,1,7,10-13,16H2,2H3,(H2,29,30,31,32). The molecule has 0 aliphatic carbocycles. The lowest BCUT2D eigenvalue weighted by Crippen LogP contribution is -2.33. The summed E-state index contributed by atoms with van der Waals surface area (Å²) in [5.41, 5.74) is 9.98. The molecule has 1 atom stereocenters. The fraction of sp³-hybridized carbons (Fsp3) is 0.348. The molecule has 176 valence electrons. The number of ether oxygens (including phenoxy) is 1. The molecule has 0 saturated heterocycles. The van der Waals surface area contributed by atoms with Crippen molar-refractivity contribution in [2.45, 2.75) is 25.4 Å². The Hall–Kier alpha value is -3.79. The molecule has 2 amide bonds. The Morgan fingerprint density at radius 3 is 2.79 bits per heavy atom. The summed E-state index contributed by atoms with van der Waals surface area (Å²) in [4.78, 5) is 17.3. The number of rotatable bonds is 15. The van der Waals surface area contributed by atoms with Crippen molar-refractivity contribution in [1.82, 2.24) is 15.6 Å². The third kappa shape index (κ3) is 8.34. The number of urea groups is 1. The smallest absolute Gasteiger partial charge is 0.320 e. The van der Waals surface area contributed by atoms with Crippen LogP contribution >= 0.6 is 0 Å². The van der Waals surface area contributed by atoms with Crippen LogP contribution in [-0.2, 0) is 11.3 Å². The summed E-state index contributed by atoms with van der Waals surface area (Å²) in [5.74, 6) is 0.325. The molecule has 10 nitrogen and oxygen atoms in total. The molecule has 2 rings (SSSR count). The van der Waals surface area contributed by atoms with Crippen LogP contribution in [0.1, 0.15) is 35.7 Å². The van der Waals surface area contributed by atoms with Gasteiger partial charge in [-0.25, -0.2) is 15.3 Å². The van der Waals surface area contributed by atoms with E-state index in [1.165, 1.54) is 6.21 Å². The summed E-state index contributed by atoms with van der Waals surface area (Å²) in [6, 6.07) is 10.5. The summed E-state index contributed by atoms with van der Waals surface area (Å²) >= 11 is 0. The van der Waals surface area contributed by atoms with Gasteiger partial charge in [0, 0.05) is 32.0 Å². The number of hydrogen-bond donors (Lipinski definition) is 6.